The second-order valence-electron chi connectivity index (χ2n) is 4.15. The number of rotatable bonds is 2. The molecular weight excluding hydrogens is 208 g/mol. The Kier molecular flexibility index (Phi) is 3.49. The van der Waals surface area contributed by atoms with Crippen molar-refractivity contribution in [2.24, 2.45) is 0 Å². The number of benzene rings is 1. The maximum absolute atomic E-state index is 6.14. The molecular formula is C12H17ClN2. The molecule has 2 nitrogen and oxygen atoms in total. The third-order valence-electron chi connectivity index (χ3n) is 2.82. The van der Waals surface area contributed by atoms with Crippen molar-refractivity contribution in [1.29, 1.82) is 0 Å². The maximum atomic E-state index is 6.14. The molecule has 1 saturated heterocycles. The summed E-state index contributed by atoms with van der Waals surface area (Å²) in [4.78, 5) is 0. The minimum atomic E-state index is 0.561. The molecule has 0 unspecified atom stereocenters. The molecule has 0 amide bonds. The van der Waals surface area contributed by atoms with Gasteiger partial charge in [0.15, 0.2) is 0 Å². The van der Waals surface area contributed by atoms with Gasteiger partial charge in [-0.25, -0.2) is 0 Å². The van der Waals surface area contributed by atoms with Crippen LogP contribution in [0, 0.1) is 6.92 Å². The van der Waals surface area contributed by atoms with Crippen LogP contribution in [0.25, 0.3) is 0 Å². The Balaban J connectivity index is 2.05. The fourth-order valence-corrected chi connectivity index (χ4v) is 2.11. The first-order valence-corrected chi connectivity index (χ1v) is 5.87. The fourth-order valence-electron chi connectivity index (χ4n) is 1.94. The van der Waals surface area contributed by atoms with E-state index in [1.807, 2.05) is 12.1 Å². The molecule has 0 spiro atoms. The molecule has 0 atom stereocenters. The van der Waals surface area contributed by atoms with Gasteiger partial charge in [0.25, 0.3) is 0 Å². The summed E-state index contributed by atoms with van der Waals surface area (Å²) < 4.78 is 0. The molecule has 0 aliphatic carbocycles. The van der Waals surface area contributed by atoms with Crippen LogP contribution in [0.2, 0.25) is 5.02 Å². The Morgan fingerprint density at radius 2 is 2.07 bits per heavy atom. The predicted molar refractivity (Wildman–Crippen MR) is 65.7 cm³/mol. The van der Waals surface area contributed by atoms with E-state index in [9.17, 15) is 0 Å². The Hall–Kier alpha value is -0.730. The van der Waals surface area contributed by atoms with Gasteiger partial charge >= 0.3 is 0 Å². The first-order valence-electron chi connectivity index (χ1n) is 5.49. The molecule has 0 bridgehead atoms. The highest BCUT2D eigenvalue weighted by Crippen LogP contribution is 2.24. The van der Waals surface area contributed by atoms with Gasteiger partial charge in [0.05, 0.1) is 10.7 Å². The van der Waals surface area contributed by atoms with Crippen molar-refractivity contribution >= 4 is 17.3 Å². The molecule has 1 aromatic carbocycles. The average Bonchev–Trinajstić information content (AvgIpc) is 2.25. The van der Waals surface area contributed by atoms with Gasteiger partial charge in [-0.3, -0.25) is 0 Å². The summed E-state index contributed by atoms with van der Waals surface area (Å²) in [6.45, 7) is 4.28. The Bertz CT molecular complexity index is 332. The maximum Gasteiger partial charge on any atom is 0.0637 e. The second-order valence-corrected chi connectivity index (χ2v) is 4.56. The molecule has 1 aliphatic rings. The number of nitrogens with one attached hydrogen (secondary N) is 2. The topological polar surface area (TPSA) is 24.1 Å². The fraction of sp³-hybridized carbons (Fsp3) is 0.500. The van der Waals surface area contributed by atoms with Crippen LogP contribution in [0.5, 0.6) is 0 Å². The van der Waals surface area contributed by atoms with E-state index in [-0.39, 0.29) is 0 Å². The Morgan fingerprint density at radius 1 is 1.33 bits per heavy atom. The van der Waals surface area contributed by atoms with Gasteiger partial charge < -0.3 is 10.6 Å². The van der Waals surface area contributed by atoms with E-state index in [0.717, 1.165) is 23.8 Å². The quantitative estimate of drug-likeness (QED) is 0.808. The van der Waals surface area contributed by atoms with Crippen molar-refractivity contribution < 1.29 is 0 Å². The molecule has 2 rings (SSSR count). The average molecular weight is 225 g/mol. The molecule has 2 N–H and O–H groups in total. The zero-order valence-corrected chi connectivity index (χ0v) is 9.77. The van der Waals surface area contributed by atoms with Crippen LogP contribution < -0.4 is 10.6 Å². The van der Waals surface area contributed by atoms with Crippen molar-refractivity contribution in [3.05, 3.63) is 28.8 Å². The largest absolute Gasteiger partial charge is 0.381 e. The molecule has 0 radical (unpaired) electrons. The Morgan fingerprint density at radius 3 is 2.80 bits per heavy atom. The zero-order valence-electron chi connectivity index (χ0n) is 9.02. The van der Waals surface area contributed by atoms with Gasteiger partial charge in [0.1, 0.15) is 0 Å². The van der Waals surface area contributed by atoms with Crippen LogP contribution in [0.15, 0.2) is 18.2 Å². The molecule has 3 heteroatoms. The van der Waals surface area contributed by atoms with Crippen LogP contribution in [0.1, 0.15) is 18.4 Å². The van der Waals surface area contributed by atoms with E-state index in [1.54, 1.807) is 0 Å². The lowest BCUT2D eigenvalue weighted by Gasteiger charge is -2.25. The molecule has 82 valence electrons. The summed E-state index contributed by atoms with van der Waals surface area (Å²) in [5.74, 6) is 0. The smallest absolute Gasteiger partial charge is 0.0637 e. The zero-order chi connectivity index (χ0) is 10.7. The number of hydrogen-bond acceptors (Lipinski definition) is 2. The lowest BCUT2D eigenvalue weighted by atomic mass is 10.1. The molecule has 15 heavy (non-hydrogen) atoms. The monoisotopic (exact) mass is 224 g/mol. The third kappa shape index (κ3) is 2.86. The Labute approximate surface area is 96.0 Å². The van der Waals surface area contributed by atoms with Gasteiger partial charge in [-0.1, -0.05) is 17.7 Å². The van der Waals surface area contributed by atoms with Crippen molar-refractivity contribution in [3.8, 4) is 0 Å². The van der Waals surface area contributed by atoms with Crippen LogP contribution in [0.4, 0.5) is 5.69 Å². The number of aryl methyl sites for hydroxylation is 1. The van der Waals surface area contributed by atoms with Crippen molar-refractivity contribution in [1.82, 2.24) is 5.32 Å². The minimum Gasteiger partial charge on any atom is -0.381 e. The number of halogens is 1. The summed E-state index contributed by atoms with van der Waals surface area (Å²) in [5, 5.41) is 7.69. The number of hydrogen-bond donors (Lipinski definition) is 2. The van der Waals surface area contributed by atoms with Crippen molar-refractivity contribution in [2.75, 3.05) is 18.4 Å². The SMILES string of the molecule is Cc1ccc(Cl)c(NC2CCNCC2)c1. The van der Waals surface area contributed by atoms with Crippen LogP contribution in [-0.2, 0) is 0 Å². The standard InChI is InChI=1S/C12H17ClN2/c1-9-2-3-11(13)12(8-9)15-10-4-6-14-7-5-10/h2-3,8,10,14-15H,4-7H2,1H3. The van der Waals surface area contributed by atoms with E-state index in [2.05, 4.69) is 23.6 Å². The first-order chi connectivity index (χ1) is 7.25. The lowest BCUT2D eigenvalue weighted by Crippen LogP contribution is -2.35. The van der Waals surface area contributed by atoms with Crippen molar-refractivity contribution in [3.63, 3.8) is 0 Å². The summed E-state index contributed by atoms with van der Waals surface area (Å²) in [7, 11) is 0. The summed E-state index contributed by atoms with van der Waals surface area (Å²) in [5.41, 5.74) is 2.32. The summed E-state index contributed by atoms with van der Waals surface area (Å²) >= 11 is 6.14. The summed E-state index contributed by atoms with van der Waals surface area (Å²) in [6.07, 6.45) is 2.34. The molecule has 1 aliphatic heterocycles. The van der Waals surface area contributed by atoms with Gasteiger partial charge in [-0.05, 0) is 50.6 Å². The normalized spacial score (nSPS) is 17.7. The van der Waals surface area contributed by atoms with E-state index < -0.39 is 0 Å². The first kappa shape index (κ1) is 10.8. The third-order valence-corrected chi connectivity index (χ3v) is 3.15. The number of piperidine rings is 1. The van der Waals surface area contributed by atoms with Gasteiger partial charge in [-0.2, -0.15) is 0 Å². The minimum absolute atomic E-state index is 0.561. The second kappa shape index (κ2) is 4.86. The van der Waals surface area contributed by atoms with E-state index in [0.29, 0.717) is 6.04 Å². The molecule has 1 aromatic rings. The van der Waals surface area contributed by atoms with E-state index in [4.69, 9.17) is 11.6 Å². The van der Waals surface area contributed by atoms with Gasteiger partial charge in [0.2, 0.25) is 0 Å². The highest BCUT2D eigenvalue weighted by molar-refractivity contribution is 6.33. The predicted octanol–water partition coefficient (Wildman–Crippen LogP) is 2.81. The highest BCUT2D eigenvalue weighted by Gasteiger charge is 2.13. The van der Waals surface area contributed by atoms with Gasteiger partial charge in [0, 0.05) is 6.04 Å². The van der Waals surface area contributed by atoms with E-state index >= 15 is 0 Å². The molecule has 0 aromatic heterocycles. The molecule has 1 fully saturated rings. The van der Waals surface area contributed by atoms with Crippen LogP contribution in [0.3, 0.4) is 0 Å². The van der Waals surface area contributed by atoms with Gasteiger partial charge in [-0.15, -0.1) is 0 Å². The molecule has 0 saturated carbocycles. The summed E-state index contributed by atoms with van der Waals surface area (Å²) in [6, 6.07) is 6.67. The van der Waals surface area contributed by atoms with E-state index in [1.165, 1.54) is 18.4 Å². The highest BCUT2D eigenvalue weighted by atomic mass is 35.5. The lowest BCUT2D eigenvalue weighted by molar-refractivity contribution is 0.479. The molecule has 1 heterocycles. The van der Waals surface area contributed by atoms with Crippen LogP contribution >= 0.6 is 11.6 Å². The van der Waals surface area contributed by atoms with Crippen molar-refractivity contribution in [2.45, 2.75) is 25.8 Å². The van der Waals surface area contributed by atoms with Crippen LogP contribution in [-0.4, -0.2) is 19.1 Å². The number of anilines is 1.